The first-order chi connectivity index (χ1) is 8.31. The molecule has 1 fully saturated rings. The molecule has 1 aliphatic rings. The van der Waals surface area contributed by atoms with Gasteiger partial charge in [-0.15, -0.1) is 0 Å². The second kappa shape index (κ2) is 6.62. The summed E-state index contributed by atoms with van der Waals surface area (Å²) in [7, 11) is 2.05. The monoisotopic (exact) mass is 270 g/mol. The summed E-state index contributed by atoms with van der Waals surface area (Å²) in [6, 6.07) is 2.54. The molecule has 2 unspecified atom stereocenters. The minimum atomic E-state index is 0.514. The molecule has 2 nitrogen and oxygen atoms in total. The molecule has 1 aromatic rings. The van der Waals surface area contributed by atoms with Gasteiger partial charge in [0.05, 0.1) is 5.02 Å². The molecule has 1 N–H and O–H groups in total. The van der Waals surface area contributed by atoms with E-state index in [2.05, 4.69) is 29.1 Å². The van der Waals surface area contributed by atoms with Crippen molar-refractivity contribution < 1.29 is 0 Å². The van der Waals surface area contributed by atoms with E-state index in [1.807, 2.05) is 12.3 Å². The lowest BCUT2D eigenvalue weighted by Gasteiger charge is -2.29. The normalized spacial score (nSPS) is 22.4. The van der Waals surface area contributed by atoms with Gasteiger partial charge in [-0.1, -0.05) is 18.0 Å². The summed E-state index contributed by atoms with van der Waals surface area (Å²) in [5.74, 6) is 1.30. The highest BCUT2D eigenvalue weighted by molar-refractivity contribution is 8.00. The van der Waals surface area contributed by atoms with E-state index in [1.54, 1.807) is 6.20 Å². The van der Waals surface area contributed by atoms with Gasteiger partial charge in [-0.3, -0.25) is 4.98 Å². The second-order valence-corrected chi connectivity index (χ2v) is 6.23. The summed E-state index contributed by atoms with van der Waals surface area (Å²) in [6.07, 6.45) is 8.60. The van der Waals surface area contributed by atoms with Crippen molar-refractivity contribution in [3.63, 3.8) is 0 Å². The van der Waals surface area contributed by atoms with Crippen LogP contribution in [0.4, 0.5) is 0 Å². The smallest absolute Gasteiger partial charge is 0.0621 e. The maximum absolute atomic E-state index is 6.17. The predicted octanol–water partition coefficient (Wildman–Crippen LogP) is 3.15. The number of rotatable bonds is 4. The van der Waals surface area contributed by atoms with Crippen LogP contribution in [0.15, 0.2) is 18.5 Å². The average molecular weight is 271 g/mol. The standard InChI is InChI=1S/C13H19ClN2S/c1-15-12(13-4-2-3-7-17-13)8-10-5-6-16-9-11(10)14/h5-6,9,12-13,15H,2-4,7-8H2,1H3. The van der Waals surface area contributed by atoms with Crippen LogP contribution in [-0.2, 0) is 6.42 Å². The van der Waals surface area contributed by atoms with Crippen LogP contribution in [0.5, 0.6) is 0 Å². The van der Waals surface area contributed by atoms with E-state index in [0.29, 0.717) is 6.04 Å². The molecular formula is C13H19ClN2S. The zero-order valence-corrected chi connectivity index (χ0v) is 11.7. The van der Waals surface area contributed by atoms with Gasteiger partial charge in [0.25, 0.3) is 0 Å². The molecule has 94 valence electrons. The lowest BCUT2D eigenvalue weighted by atomic mass is 10.0. The molecule has 0 bridgehead atoms. The van der Waals surface area contributed by atoms with Gasteiger partial charge in [0.15, 0.2) is 0 Å². The van der Waals surface area contributed by atoms with Crippen LogP contribution in [0.1, 0.15) is 24.8 Å². The van der Waals surface area contributed by atoms with E-state index in [4.69, 9.17) is 11.6 Å². The zero-order valence-electron chi connectivity index (χ0n) is 10.2. The van der Waals surface area contributed by atoms with Crippen molar-refractivity contribution in [3.8, 4) is 0 Å². The average Bonchev–Trinajstić information content (AvgIpc) is 2.39. The number of nitrogens with zero attached hydrogens (tertiary/aromatic N) is 1. The molecule has 4 heteroatoms. The third-order valence-electron chi connectivity index (χ3n) is 3.33. The van der Waals surface area contributed by atoms with Crippen molar-refractivity contribution in [3.05, 3.63) is 29.0 Å². The summed E-state index contributed by atoms with van der Waals surface area (Å²) >= 11 is 8.27. The van der Waals surface area contributed by atoms with Gasteiger partial charge in [-0.25, -0.2) is 0 Å². The van der Waals surface area contributed by atoms with E-state index in [-0.39, 0.29) is 0 Å². The summed E-state index contributed by atoms with van der Waals surface area (Å²) in [4.78, 5) is 4.03. The van der Waals surface area contributed by atoms with Crippen molar-refractivity contribution in [2.75, 3.05) is 12.8 Å². The number of halogens is 1. The number of aromatic nitrogens is 1. The number of pyridine rings is 1. The third kappa shape index (κ3) is 3.60. The Morgan fingerprint density at radius 3 is 3.12 bits per heavy atom. The number of hydrogen-bond acceptors (Lipinski definition) is 3. The van der Waals surface area contributed by atoms with E-state index in [9.17, 15) is 0 Å². The molecular weight excluding hydrogens is 252 g/mol. The van der Waals surface area contributed by atoms with Crippen LogP contribution in [0.3, 0.4) is 0 Å². The maximum atomic E-state index is 6.17. The summed E-state index contributed by atoms with van der Waals surface area (Å²) in [5, 5.41) is 4.95. The molecule has 2 rings (SSSR count). The van der Waals surface area contributed by atoms with E-state index < -0.39 is 0 Å². The van der Waals surface area contributed by atoms with Crippen LogP contribution < -0.4 is 5.32 Å². The molecule has 2 heterocycles. The molecule has 0 saturated carbocycles. The fraction of sp³-hybridized carbons (Fsp3) is 0.615. The molecule has 1 aromatic heterocycles. The van der Waals surface area contributed by atoms with Gasteiger partial charge in [0.1, 0.15) is 0 Å². The SMILES string of the molecule is CNC(Cc1ccncc1Cl)C1CCCCS1. The maximum Gasteiger partial charge on any atom is 0.0621 e. The number of thioether (sulfide) groups is 1. The first kappa shape index (κ1) is 13.2. The largest absolute Gasteiger partial charge is 0.316 e. The van der Waals surface area contributed by atoms with Crippen LogP contribution in [0.25, 0.3) is 0 Å². The van der Waals surface area contributed by atoms with Gasteiger partial charge in [0.2, 0.25) is 0 Å². The molecule has 1 saturated heterocycles. The molecule has 17 heavy (non-hydrogen) atoms. The van der Waals surface area contributed by atoms with Crippen LogP contribution >= 0.6 is 23.4 Å². The van der Waals surface area contributed by atoms with Crippen molar-refractivity contribution in [1.29, 1.82) is 0 Å². The summed E-state index contributed by atoms with van der Waals surface area (Å²) in [5.41, 5.74) is 1.20. The highest BCUT2D eigenvalue weighted by Gasteiger charge is 2.23. The van der Waals surface area contributed by atoms with E-state index in [0.717, 1.165) is 16.7 Å². The van der Waals surface area contributed by atoms with Crippen molar-refractivity contribution in [1.82, 2.24) is 10.3 Å². The van der Waals surface area contributed by atoms with Gasteiger partial charge >= 0.3 is 0 Å². The van der Waals surface area contributed by atoms with Crippen LogP contribution in [0.2, 0.25) is 5.02 Å². The molecule has 1 aliphatic heterocycles. The van der Waals surface area contributed by atoms with E-state index in [1.165, 1.54) is 30.6 Å². The fourth-order valence-electron chi connectivity index (χ4n) is 2.31. The fourth-order valence-corrected chi connectivity index (χ4v) is 3.98. The van der Waals surface area contributed by atoms with E-state index >= 15 is 0 Å². The van der Waals surface area contributed by atoms with Gasteiger partial charge in [-0.2, -0.15) is 11.8 Å². The molecule has 0 spiro atoms. The van der Waals surface area contributed by atoms with Crippen LogP contribution in [0, 0.1) is 0 Å². The van der Waals surface area contributed by atoms with Crippen molar-refractivity contribution in [2.24, 2.45) is 0 Å². The quantitative estimate of drug-likeness (QED) is 0.910. The van der Waals surface area contributed by atoms with Crippen LogP contribution in [-0.4, -0.2) is 29.1 Å². The first-order valence-electron chi connectivity index (χ1n) is 6.18. The Morgan fingerprint density at radius 1 is 1.59 bits per heavy atom. The molecule has 0 radical (unpaired) electrons. The van der Waals surface area contributed by atoms with Crippen molar-refractivity contribution in [2.45, 2.75) is 37.0 Å². The van der Waals surface area contributed by atoms with Gasteiger partial charge in [-0.05, 0) is 43.7 Å². The Bertz CT molecular complexity index is 353. The first-order valence-corrected chi connectivity index (χ1v) is 7.61. The lowest BCUT2D eigenvalue weighted by molar-refractivity contribution is 0.495. The van der Waals surface area contributed by atoms with Gasteiger partial charge < -0.3 is 5.32 Å². The van der Waals surface area contributed by atoms with Crippen molar-refractivity contribution >= 4 is 23.4 Å². The molecule has 0 aliphatic carbocycles. The Kier molecular flexibility index (Phi) is 5.14. The minimum absolute atomic E-state index is 0.514. The molecule has 0 amide bonds. The Labute approximate surface area is 113 Å². The van der Waals surface area contributed by atoms with Gasteiger partial charge in [0, 0.05) is 23.7 Å². The Hall–Kier alpha value is -0.250. The highest BCUT2D eigenvalue weighted by atomic mass is 35.5. The second-order valence-electron chi connectivity index (χ2n) is 4.47. The Morgan fingerprint density at radius 2 is 2.47 bits per heavy atom. The molecule has 0 aromatic carbocycles. The summed E-state index contributed by atoms with van der Waals surface area (Å²) < 4.78 is 0. The third-order valence-corrected chi connectivity index (χ3v) is 5.19. The topological polar surface area (TPSA) is 24.9 Å². The minimum Gasteiger partial charge on any atom is -0.316 e. The zero-order chi connectivity index (χ0) is 12.1. The number of hydrogen-bond donors (Lipinski definition) is 1. The molecule has 2 atom stereocenters. The Balaban J connectivity index is 2.01. The number of nitrogens with one attached hydrogen (secondary N) is 1. The summed E-state index contributed by atoms with van der Waals surface area (Å²) in [6.45, 7) is 0. The highest BCUT2D eigenvalue weighted by Crippen LogP contribution is 2.29. The number of likely N-dealkylation sites (N-methyl/N-ethyl adjacent to an activating group) is 1. The predicted molar refractivity (Wildman–Crippen MR) is 75.9 cm³/mol. The lowest BCUT2D eigenvalue weighted by Crippen LogP contribution is -2.39.